The Balaban J connectivity index is 1.73. The van der Waals surface area contributed by atoms with Crippen molar-refractivity contribution in [1.29, 1.82) is 0 Å². The van der Waals surface area contributed by atoms with Gasteiger partial charge in [-0.3, -0.25) is 4.79 Å². The molecule has 1 aliphatic rings. The molecule has 0 aliphatic carbocycles. The Morgan fingerprint density at radius 1 is 1.28 bits per heavy atom. The smallest absolute Gasteiger partial charge is 0.228 e. The molecule has 94 valence electrons. The van der Waals surface area contributed by atoms with Crippen molar-refractivity contribution in [2.45, 2.75) is 25.3 Å². The third-order valence-electron chi connectivity index (χ3n) is 3.35. The summed E-state index contributed by atoms with van der Waals surface area (Å²) in [6.45, 7) is 0.909. The van der Waals surface area contributed by atoms with Gasteiger partial charge in [0.2, 0.25) is 5.91 Å². The first-order chi connectivity index (χ1) is 8.84. The van der Waals surface area contributed by atoms with E-state index in [2.05, 4.69) is 22.4 Å². The number of amides is 1. The van der Waals surface area contributed by atoms with Gasteiger partial charge in [0.15, 0.2) is 0 Å². The van der Waals surface area contributed by atoms with Gasteiger partial charge in [0.05, 0.1) is 12.5 Å². The van der Waals surface area contributed by atoms with Gasteiger partial charge >= 0.3 is 0 Å². The Bertz CT molecular complexity index is 504. The van der Waals surface area contributed by atoms with Crippen LogP contribution in [0.1, 0.15) is 28.6 Å². The molecule has 0 saturated carbocycles. The van der Waals surface area contributed by atoms with E-state index in [9.17, 15) is 4.79 Å². The molecule has 1 saturated heterocycles. The van der Waals surface area contributed by atoms with E-state index in [0.717, 1.165) is 24.3 Å². The molecular formula is C14H15NOS2. The fraction of sp³-hybridized carbons (Fsp3) is 0.357. The van der Waals surface area contributed by atoms with E-state index >= 15 is 0 Å². The summed E-state index contributed by atoms with van der Waals surface area (Å²) >= 11 is 3.42. The predicted octanol–water partition coefficient (Wildman–Crippen LogP) is 3.72. The highest BCUT2D eigenvalue weighted by atomic mass is 32.1. The second-order valence-corrected chi connectivity index (χ2v) is 6.53. The maximum Gasteiger partial charge on any atom is 0.228 e. The monoisotopic (exact) mass is 277 g/mol. The molecule has 2 aromatic rings. The van der Waals surface area contributed by atoms with E-state index in [1.807, 2.05) is 17.5 Å². The van der Waals surface area contributed by atoms with Crippen LogP contribution < -0.4 is 0 Å². The lowest BCUT2D eigenvalue weighted by Gasteiger charge is -2.23. The fourth-order valence-corrected chi connectivity index (χ4v) is 4.08. The second kappa shape index (κ2) is 5.24. The van der Waals surface area contributed by atoms with Crippen molar-refractivity contribution < 1.29 is 4.79 Å². The third-order valence-corrected chi connectivity index (χ3v) is 5.20. The van der Waals surface area contributed by atoms with Crippen molar-refractivity contribution in [3.05, 3.63) is 44.8 Å². The number of hydrogen-bond acceptors (Lipinski definition) is 3. The average molecular weight is 277 g/mol. The zero-order chi connectivity index (χ0) is 12.4. The summed E-state index contributed by atoms with van der Waals surface area (Å²) in [6.07, 6.45) is 2.79. The molecule has 4 heteroatoms. The summed E-state index contributed by atoms with van der Waals surface area (Å²) in [5.41, 5.74) is 0. The maximum atomic E-state index is 12.4. The summed E-state index contributed by atoms with van der Waals surface area (Å²) < 4.78 is 0. The molecule has 1 atom stereocenters. The first kappa shape index (κ1) is 11.9. The molecule has 3 heterocycles. The summed E-state index contributed by atoms with van der Waals surface area (Å²) in [6, 6.07) is 8.58. The SMILES string of the molecule is O=C(Cc1cccs1)N1CCC[C@H]1c1cccs1. The first-order valence-electron chi connectivity index (χ1n) is 6.20. The topological polar surface area (TPSA) is 20.3 Å². The van der Waals surface area contributed by atoms with E-state index < -0.39 is 0 Å². The van der Waals surface area contributed by atoms with Crippen molar-refractivity contribution in [1.82, 2.24) is 4.90 Å². The van der Waals surface area contributed by atoms with Gasteiger partial charge in [-0.15, -0.1) is 22.7 Å². The van der Waals surface area contributed by atoms with Crippen LogP contribution in [0.5, 0.6) is 0 Å². The zero-order valence-electron chi connectivity index (χ0n) is 10.0. The molecule has 0 spiro atoms. The van der Waals surface area contributed by atoms with Crippen molar-refractivity contribution >= 4 is 28.6 Å². The number of carbonyl (C=O) groups excluding carboxylic acids is 1. The number of hydrogen-bond donors (Lipinski definition) is 0. The van der Waals surface area contributed by atoms with Crippen molar-refractivity contribution in [3.8, 4) is 0 Å². The Kier molecular flexibility index (Phi) is 3.48. The Labute approximate surface area is 115 Å². The minimum atomic E-state index is 0.272. The third kappa shape index (κ3) is 2.35. The summed E-state index contributed by atoms with van der Waals surface area (Å²) in [5, 5.41) is 4.12. The molecule has 1 aliphatic heterocycles. The highest BCUT2D eigenvalue weighted by molar-refractivity contribution is 7.10. The van der Waals surface area contributed by atoms with Crippen molar-refractivity contribution in [3.63, 3.8) is 0 Å². The minimum absolute atomic E-state index is 0.272. The average Bonchev–Trinajstić information content (AvgIpc) is 3.11. The normalized spacial score (nSPS) is 19.3. The summed E-state index contributed by atoms with van der Waals surface area (Å²) in [4.78, 5) is 16.9. The predicted molar refractivity (Wildman–Crippen MR) is 76.0 cm³/mol. The molecule has 1 fully saturated rings. The van der Waals surface area contributed by atoms with E-state index in [1.165, 1.54) is 4.88 Å². The lowest BCUT2D eigenvalue weighted by atomic mass is 10.2. The summed E-state index contributed by atoms with van der Waals surface area (Å²) in [7, 11) is 0. The van der Waals surface area contributed by atoms with Crippen LogP contribution in [0.25, 0.3) is 0 Å². The van der Waals surface area contributed by atoms with Crippen LogP contribution in [0, 0.1) is 0 Å². The first-order valence-corrected chi connectivity index (χ1v) is 7.96. The number of rotatable bonds is 3. The van der Waals surface area contributed by atoms with E-state index in [0.29, 0.717) is 12.5 Å². The molecule has 0 radical (unpaired) electrons. The molecule has 2 aromatic heterocycles. The number of likely N-dealkylation sites (tertiary alicyclic amines) is 1. The maximum absolute atomic E-state index is 12.4. The lowest BCUT2D eigenvalue weighted by molar-refractivity contribution is -0.131. The highest BCUT2D eigenvalue weighted by Gasteiger charge is 2.30. The van der Waals surface area contributed by atoms with Crippen LogP contribution in [0.15, 0.2) is 35.0 Å². The molecule has 1 amide bonds. The van der Waals surface area contributed by atoms with Gasteiger partial charge in [-0.25, -0.2) is 0 Å². The molecule has 0 aromatic carbocycles. The van der Waals surface area contributed by atoms with Gasteiger partial charge < -0.3 is 4.90 Å². The number of nitrogens with zero attached hydrogens (tertiary/aromatic N) is 1. The van der Waals surface area contributed by atoms with Crippen LogP contribution in [0.2, 0.25) is 0 Å². The molecule has 0 unspecified atom stereocenters. The molecule has 3 rings (SSSR count). The largest absolute Gasteiger partial charge is 0.335 e. The van der Waals surface area contributed by atoms with Crippen LogP contribution in [-0.4, -0.2) is 17.4 Å². The Morgan fingerprint density at radius 2 is 2.11 bits per heavy atom. The highest BCUT2D eigenvalue weighted by Crippen LogP contribution is 2.34. The lowest BCUT2D eigenvalue weighted by Crippen LogP contribution is -2.31. The molecule has 2 nitrogen and oxygen atoms in total. The number of thiophene rings is 2. The van der Waals surface area contributed by atoms with Crippen LogP contribution in [0.4, 0.5) is 0 Å². The molecular weight excluding hydrogens is 262 g/mol. The van der Waals surface area contributed by atoms with Gasteiger partial charge in [0.25, 0.3) is 0 Å². The fourth-order valence-electron chi connectivity index (χ4n) is 2.51. The van der Waals surface area contributed by atoms with E-state index in [-0.39, 0.29) is 5.91 Å². The van der Waals surface area contributed by atoms with Crippen LogP contribution in [0.3, 0.4) is 0 Å². The molecule has 0 N–H and O–H groups in total. The standard InChI is InChI=1S/C14H15NOS2/c16-14(10-11-4-2-8-17-11)15-7-1-5-12(15)13-6-3-9-18-13/h2-4,6,8-9,12H,1,5,7,10H2/t12-/m0/s1. The van der Waals surface area contributed by atoms with Gasteiger partial charge in [0, 0.05) is 16.3 Å². The van der Waals surface area contributed by atoms with Crippen molar-refractivity contribution in [2.75, 3.05) is 6.54 Å². The Morgan fingerprint density at radius 3 is 2.83 bits per heavy atom. The molecule has 0 bridgehead atoms. The van der Waals surface area contributed by atoms with Gasteiger partial charge in [-0.1, -0.05) is 12.1 Å². The summed E-state index contributed by atoms with van der Waals surface area (Å²) in [5.74, 6) is 0.272. The second-order valence-electron chi connectivity index (χ2n) is 4.52. The van der Waals surface area contributed by atoms with Gasteiger partial charge in [-0.05, 0) is 35.7 Å². The van der Waals surface area contributed by atoms with Gasteiger partial charge in [0.1, 0.15) is 0 Å². The van der Waals surface area contributed by atoms with Crippen LogP contribution >= 0.6 is 22.7 Å². The Hall–Kier alpha value is -1.13. The zero-order valence-corrected chi connectivity index (χ0v) is 11.7. The van der Waals surface area contributed by atoms with Gasteiger partial charge in [-0.2, -0.15) is 0 Å². The minimum Gasteiger partial charge on any atom is -0.335 e. The van der Waals surface area contributed by atoms with Crippen LogP contribution in [-0.2, 0) is 11.2 Å². The van der Waals surface area contributed by atoms with E-state index in [1.54, 1.807) is 22.7 Å². The molecule has 18 heavy (non-hydrogen) atoms. The number of carbonyl (C=O) groups is 1. The van der Waals surface area contributed by atoms with Crippen molar-refractivity contribution in [2.24, 2.45) is 0 Å². The quantitative estimate of drug-likeness (QED) is 0.837. The van der Waals surface area contributed by atoms with E-state index in [4.69, 9.17) is 0 Å².